The van der Waals surface area contributed by atoms with Gasteiger partial charge in [-0.15, -0.1) is 0 Å². The van der Waals surface area contributed by atoms with Crippen molar-refractivity contribution in [3.63, 3.8) is 0 Å². The summed E-state index contributed by atoms with van der Waals surface area (Å²) in [6.45, 7) is 6.54. The Morgan fingerprint density at radius 1 is 1.10 bits per heavy atom. The number of carbonyl (C=O) groups excluding carboxylic acids is 1. The van der Waals surface area contributed by atoms with E-state index < -0.39 is 0 Å². The predicted octanol–water partition coefficient (Wildman–Crippen LogP) is 3.83. The highest BCUT2D eigenvalue weighted by Crippen LogP contribution is 2.25. The first kappa shape index (κ1) is 14.3. The highest BCUT2D eigenvalue weighted by atomic mass is 16.5. The van der Waals surface area contributed by atoms with Crippen LogP contribution in [0.4, 0.5) is 0 Å². The molecule has 0 aliphatic carbocycles. The second kappa shape index (κ2) is 5.45. The number of nitrogens with zero attached hydrogens (tertiary/aromatic N) is 1. The number of benzene rings is 1. The maximum Gasteiger partial charge on any atom is 0.337 e. The SMILES string of the molecule is COC(=O)c1ccnc(-c2ccc(C(C)(C)C)cc2)c1. The van der Waals surface area contributed by atoms with E-state index in [9.17, 15) is 4.79 Å². The number of aromatic nitrogens is 1. The Labute approximate surface area is 119 Å². The van der Waals surface area contributed by atoms with E-state index in [1.165, 1.54) is 12.7 Å². The molecule has 2 rings (SSSR count). The second-order valence-electron chi connectivity index (χ2n) is 5.75. The molecule has 0 amide bonds. The maximum absolute atomic E-state index is 11.5. The van der Waals surface area contributed by atoms with Gasteiger partial charge in [0.25, 0.3) is 0 Å². The Kier molecular flexibility index (Phi) is 3.89. The van der Waals surface area contributed by atoms with Crippen LogP contribution < -0.4 is 0 Å². The third-order valence-electron chi connectivity index (χ3n) is 3.23. The van der Waals surface area contributed by atoms with Crippen LogP contribution in [0.5, 0.6) is 0 Å². The Morgan fingerprint density at radius 2 is 1.75 bits per heavy atom. The largest absolute Gasteiger partial charge is 0.465 e. The molecule has 2 aromatic rings. The number of rotatable bonds is 2. The van der Waals surface area contributed by atoms with Crippen molar-refractivity contribution < 1.29 is 9.53 Å². The molecule has 0 saturated carbocycles. The fourth-order valence-corrected chi connectivity index (χ4v) is 1.97. The minimum absolute atomic E-state index is 0.125. The van der Waals surface area contributed by atoms with Crippen LogP contribution in [-0.2, 0) is 10.2 Å². The molecule has 0 aliphatic rings. The van der Waals surface area contributed by atoms with Gasteiger partial charge in [-0.2, -0.15) is 0 Å². The third-order valence-corrected chi connectivity index (χ3v) is 3.23. The van der Waals surface area contributed by atoms with E-state index in [1.807, 2.05) is 12.1 Å². The predicted molar refractivity (Wildman–Crippen MR) is 79.7 cm³/mol. The number of esters is 1. The van der Waals surface area contributed by atoms with E-state index in [-0.39, 0.29) is 11.4 Å². The Hall–Kier alpha value is -2.16. The number of pyridine rings is 1. The lowest BCUT2D eigenvalue weighted by molar-refractivity contribution is 0.0600. The van der Waals surface area contributed by atoms with Gasteiger partial charge in [0.15, 0.2) is 0 Å². The van der Waals surface area contributed by atoms with Gasteiger partial charge in [0.05, 0.1) is 18.4 Å². The smallest absolute Gasteiger partial charge is 0.337 e. The Morgan fingerprint density at radius 3 is 2.30 bits per heavy atom. The maximum atomic E-state index is 11.5. The van der Waals surface area contributed by atoms with Gasteiger partial charge in [-0.05, 0) is 23.1 Å². The van der Waals surface area contributed by atoms with Crippen LogP contribution >= 0.6 is 0 Å². The van der Waals surface area contributed by atoms with E-state index in [0.29, 0.717) is 5.56 Å². The van der Waals surface area contributed by atoms with Crippen molar-refractivity contribution in [2.24, 2.45) is 0 Å². The van der Waals surface area contributed by atoms with Gasteiger partial charge in [0.2, 0.25) is 0 Å². The average Bonchev–Trinajstić information content (AvgIpc) is 2.46. The van der Waals surface area contributed by atoms with Gasteiger partial charge in [-0.3, -0.25) is 4.98 Å². The first-order valence-corrected chi connectivity index (χ1v) is 6.57. The molecule has 104 valence electrons. The fraction of sp³-hybridized carbons (Fsp3) is 0.294. The van der Waals surface area contributed by atoms with E-state index in [4.69, 9.17) is 4.74 Å². The Balaban J connectivity index is 2.35. The average molecular weight is 269 g/mol. The highest BCUT2D eigenvalue weighted by molar-refractivity contribution is 5.90. The molecule has 0 aliphatic heterocycles. The van der Waals surface area contributed by atoms with Crippen LogP contribution in [0.3, 0.4) is 0 Å². The number of methoxy groups -OCH3 is 1. The molecule has 0 spiro atoms. The monoisotopic (exact) mass is 269 g/mol. The van der Waals surface area contributed by atoms with Crippen LogP contribution in [0.1, 0.15) is 36.7 Å². The molecule has 0 fully saturated rings. The van der Waals surface area contributed by atoms with Gasteiger partial charge in [-0.25, -0.2) is 4.79 Å². The van der Waals surface area contributed by atoms with E-state index in [2.05, 4.69) is 37.9 Å². The van der Waals surface area contributed by atoms with Crippen LogP contribution in [0, 0.1) is 0 Å². The summed E-state index contributed by atoms with van der Waals surface area (Å²) in [5, 5.41) is 0. The molecule has 20 heavy (non-hydrogen) atoms. The van der Waals surface area contributed by atoms with Crippen LogP contribution in [-0.4, -0.2) is 18.1 Å². The molecule has 1 heterocycles. The topological polar surface area (TPSA) is 39.2 Å². The third kappa shape index (κ3) is 3.05. The van der Waals surface area contributed by atoms with Crippen LogP contribution in [0.2, 0.25) is 0 Å². The lowest BCUT2D eigenvalue weighted by atomic mass is 9.86. The molecule has 0 bridgehead atoms. The minimum atomic E-state index is -0.347. The van der Waals surface area contributed by atoms with Gasteiger partial charge >= 0.3 is 5.97 Å². The molecule has 3 heteroatoms. The number of hydrogen-bond acceptors (Lipinski definition) is 3. The zero-order valence-corrected chi connectivity index (χ0v) is 12.3. The van der Waals surface area contributed by atoms with Crippen molar-refractivity contribution in [2.45, 2.75) is 26.2 Å². The molecular formula is C17H19NO2. The van der Waals surface area contributed by atoms with Gasteiger partial charge in [-0.1, -0.05) is 45.0 Å². The van der Waals surface area contributed by atoms with E-state index in [0.717, 1.165) is 11.3 Å². The zero-order chi connectivity index (χ0) is 14.8. The molecule has 0 atom stereocenters. The summed E-state index contributed by atoms with van der Waals surface area (Å²) in [5.41, 5.74) is 3.67. The van der Waals surface area contributed by atoms with Crippen molar-refractivity contribution in [3.05, 3.63) is 53.7 Å². The highest BCUT2D eigenvalue weighted by Gasteiger charge is 2.13. The zero-order valence-electron chi connectivity index (χ0n) is 12.3. The quantitative estimate of drug-likeness (QED) is 0.778. The second-order valence-corrected chi connectivity index (χ2v) is 5.75. The standard InChI is InChI=1S/C17H19NO2/c1-17(2,3)14-7-5-12(6-8-14)15-11-13(9-10-18-15)16(19)20-4/h5-11H,1-4H3. The van der Waals surface area contributed by atoms with E-state index >= 15 is 0 Å². The van der Waals surface area contributed by atoms with Gasteiger partial charge < -0.3 is 4.74 Å². The summed E-state index contributed by atoms with van der Waals surface area (Å²) in [7, 11) is 1.38. The lowest BCUT2D eigenvalue weighted by Gasteiger charge is -2.19. The van der Waals surface area contributed by atoms with Gasteiger partial charge in [0.1, 0.15) is 0 Å². The van der Waals surface area contributed by atoms with Crippen LogP contribution in [0.15, 0.2) is 42.6 Å². The molecule has 0 radical (unpaired) electrons. The summed E-state index contributed by atoms with van der Waals surface area (Å²) in [6.07, 6.45) is 1.62. The summed E-state index contributed by atoms with van der Waals surface area (Å²) in [6, 6.07) is 11.7. The summed E-state index contributed by atoms with van der Waals surface area (Å²) >= 11 is 0. The normalized spacial score (nSPS) is 11.2. The molecule has 0 unspecified atom stereocenters. The molecule has 0 N–H and O–H groups in total. The summed E-state index contributed by atoms with van der Waals surface area (Å²) < 4.78 is 4.72. The molecule has 1 aromatic heterocycles. The fourth-order valence-electron chi connectivity index (χ4n) is 1.97. The molecule has 1 aromatic carbocycles. The van der Waals surface area contributed by atoms with Crippen molar-refractivity contribution >= 4 is 5.97 Å². The summed E-state index contributed by atoms with van der Waals surface area (Å²) in [5.74, 6) is -0.347. The number of carbonyl (C=O) groups is 1. The number of ether oxygens (including phenoxy) is 1. The van der Waals surface area contributed by atoms with Crippen molar-refractivity contribution in [1.29, 1.82) is 0 Å². The van der Waals surface area contributed by atoms with E-state index in [1.54, 1.807) is 18.3 Å². The first-order valence-electron chi connectivity index (χ1n) is 6.57. The van der Waals surface area contributed by atoms with Crippen molar-refractivity contribution in [3.8, 4) is 11.3 Å². The molecule has 3 nitrogen and oxygen atoms in total. The molecule has 0 saturated heterocycles. The minimum Gasteiger partial charge on any atom is -0.465 e. The summed E-state index contributed by atoms with van der Waals surface area (Å²) in [4.78, 5) is 15.8. The molecular weight excluding hydrogens is 250 g/mol. The Bertz CT molecular complexity index is 610. The van der Waals surface area contributed by atoms with Crippen LogP contribution in [0.25, 0.3) is 11.3 Å². The first-order chi connectivity index (χ1) is 9.41. The van der Waals surface area contributed by atoms with Crippen molar-refractivity contribution in [2.75, 3.05) is 7.11 Å². The van der Waals surface area contributed by atoms with Crippen molar-refractivity contribution in [1.82, 2.24) is 4.98 Å². The van der Waals surface area contributed by atoms with Gasteiger partial charge in [0, 0.05) is 11.8 Å². The number of hydrogen-bond donors (Lipinski definition) is 0. The lowest BCUT2D eigenvalue weighted by Crippen LogP contribution is -2.10.